The molecule has 1 aromatic heterocycles. The highest BCUT2D eigenvalue weighted by Crippen LogP contribution is 2.34. The molecule has 0 amide bonds. The number of aromatic nitrogens is 1. The Kier molecular flexibility index (Phi) is 2.25. The maximum atomic E-state index is 6.00. The zero-order chi connectivity index (χ0) is 10.3. The van der Waals surface area contributed by atoms with Gasteiger partial charge in [-0.3, -0.25) is 0 Å². The Labute approximate surface area is 90.6 Å². The van der Waals surface area contributed by atoms with E-state index in [9.17, 15) is 0 Å². The van der Waals surface area contributed by atoms with Crippen molar-refractivity contribution < 1.29 is 9.15 Å². The highest BCUT2D eigenvalue weighted by molar-refractivity contribution is 7.71. The molecule has 0 aliphatic carbocycles. The fraction of sp³-hybridized carbons (Fsp3) is 0.222. The number of aryl methyl sites for hydroxylation is 1. The third-order valence-electron chi connectivity index (χ3n) is 2.05. The summed E-state index contributed by atoms with van der Waals surface area (Å²) in [6.45, 7) is 1.87. The number of nitrogens with one attached hydrogen (secondary N) is 1. The lowest BCUT2D eigenvalue weighted by Gasteiger charge is -2.05. The highest BCUT2D eigenvalue weighted by Gasteiger charge is 2.12. The lowest BCUT2D eigenvalue weighted by Crippen LogP contribution is -1.88. The third kappa shape index (κ3) is 1.31. The van der Waals surface area contributed by atoms with Gasteiger partial charge in [0, 0.05) is 5.56 Å². The van der Waals surface area contributed by atoms with E-state index in [4.69, 9.17) is 33.0 Å². The van der Waals surface area contributed by atoms with Crippen molar-refractivity contribution in [2.45, 2.75) is 6.92 Å². The topological polar surface area (TPSA) is 38.2 Å². The lowest BCUT2D eigenvalue weighted by atomic mass is 10.2. The van der Waals surface area contributed by atoms with Crippen LogP contribution in [0.3, 0.4) is 0 Å². The summed E-state index contributed by atoms with van der Waals surface area (Å²) in [5.74, 6) is 0.622. The van der Waals surface area contributed by atoms with Crippen molar-refractivity contribution >= 4 is 34.9 Å². The predicted molar refractivity (Wildman–Crippen MR) is 57.7 cm³/mol. The standard InChI is InChI=1S/C9H8ClNO2S/c1-4-7(12-2)5(10)3-6-8(4)13-9(14)11-6/h3H,1-2H3,(H,11,14). The fourth-order valence-corrected chi connectivity index (χ4v) is 1.97. The predicted octanol–water partition coefficient (Wildman–Crippen LogP) is 3.46. The number of hydrogen-bond donors (Lipinski definition) is 1. The van der Waals surface area contributed by atoms with Gasteiger partial charge in [0.2, 0.25) is 0 Å². The molecule has 0 unspecified atom stereocenters. The minimum atomic E-state index is 0.340. The van der Waals surface area contributed by atoms with E-state index in [0.29, 0.717) is 21.2 Å². The molecule has 1 heterocycles. The second-order valence-electron chi connectivity index (χ2n) is 2.91. The Balaban J connectivity index is 2.91. The number of ether oxygens (including phenoxy) is 1. The SMILES string of the molecule is COc1c(Cl)cc2[nH]c(=S)oc2c1C. The van der Waals surface area contributed by atoms with Crippen LogP contribution >= 0.6 is 23.8 Å². The van der Waals surface area contributed by atoms with Crippen molar-refractivity contribution in [1.29, 1.82) is 0 Å². The Morgan fingerprint density at radius 3 is 2.93 bits per heavy atom. The average molecular weight is 230 g/mol. The van der Waals surface area contributed by atoms with Crippen molar-refractivity contribution in [3.05, 3.63) is 21.5 Å². The number of fused-ring (bicyclic) bond motifs is 1. The number of halogens is 1. The largest absolute Gasteiger partial charge is 0.495 e. The van der Waals surface area contributed by atoms with Crippen molar-refractivity contribution in [3.8, 4) is 5.75 Å². The molecule has 74 valence electrons. The monoisotopic (exact) mass is 229 g/mol. The van der Waals surface area contributed by atoms with Crippen molar-refractivity contribution in [3.63, 3.8) is 0 Å². The van der Waals surface area contributed by atoms with Crippen LogP contribution in [0, 0.1) is 11.8 Å². The Morgan fingerprint density at radius 2 is 2.29 bits per heavy atom. The summed E-state index contributed by atoms with van der Waals surface area (Å²) in [6, 6.07) is 1.74. The van der Waals surface area contributed by atoms with E-state index >= 15 is 0 Å². The van der Waals surface area contributed by atoms with Crippen LogP contribution in [-0.4, -0.2) is 12.1 Å². The van der Waals surface area contributed by atoms with Crippen LogP contribution in [0.1, 0.15) is 5.56 Å². The number of benzene rings is 1. The van der Waals surface area contributed by atoms with Crippen molar-refractivity contribution in [2.24, 2.45) is 0 Å². The molecule has 1 aromatic carbocycles. The first-order valence-corrected chi connectivity index (χ1v) is 4.78. The summed E-state index contributed by atoms with van der Waals surface area (Å²) in [5, 5.41) is 0.546. The molecule has 1 N–H and O–H groups in total. The first-order chi connectivity index (χ1) is 6.63. The van der Waals surface area contributed by atoms with Crippen LogP contribution in [0.25, 0.3) is 11.1 Å². The summed E-state index contributed by atoms with van der Waals surface area (Å²) >= 11 is 10.9. The number of methoxy groups -OCH3 is 1. The van der Waals surface area contributed by atoms with E-state index in [1.54, 1.807) is 13.2 Å². The van der Waals surface area contributed by atoms with E-state index in [2.05, 4.69) is 4.98 Å². The Hall–Kier alpha value is -1.00. The summed E-state index contributed by atoms with van der Waals surface area (Å²) in [5.41, 5.74) is 2.33. The minimum Gasteiger partial charge on any atom is -0.495 e. The van der Waals surface area contributed by atoms with Crippen LogP contribution in [-0.2, 0) is 0 Å². The van der Waals surface area contributed by atoms with Gasteiger partial charge in [-0.05, 0) is 25.2 Å². The van der Waals surface area contributed by atoms with Gasteiger partial charge in [-0.15, -0.1) is 0 Å². The van der Waals surface area contributed by atoms with Gasteiger partial charge in [-0.2, -0.15) is 0 Å². The van der Waals surface area contributed by atoms with E-state index < -0.39 is 0 Å². The first-order valence-electron chi connectivity index (χ1n) is 3.99. The molecule has 0 saturated heterocycles. The molecule has 14 heavy (non-hydrogen) atoms. The van der Waals surface area contributed by atoms with Crippen LogP contribution < -0.4 is 4.74 Å². The van der Waals surface area contributed by atoms with E-state index in [0.717, 1.165) is 11.1 Å². The van der Waals surface area contributed by atoms with Crippen LogP contribution in [0.2, 0.25) is 5.02 Å². The highest BCUT2D eigenvalue weighted by atomic mass is 35.5. The van der Waals surface area contributed by atoms with Gasteiger partial charge in [0.15, 0.2) is 5.58 Å². The molecule has 0 spiro atoms. The molecular weight excluding hydrogens is 222 g/mol. The fourth-order valence-electron chi connectivity index (χ4n) is 1.45. The Bertz CT molecular complexity index is 543. The minimum absolute atomic E-state index is 0.340. The van der Waals surface area contributed by atoms with Crippen LogP contribution in [0.5, 0.6) is 5.75 Å². The summed E-state index contributed by atoms with van der Waals surface area (Å²) < 4.78 is 10.5. The summed E-state index contributed by atoms with van der Waals surface area (Å²) in [6.07, 6.45) is 0. The third-order valence-corrected chi connectivity index (χ3v) is 2.52. The van der Waals surface area contributed by atoms with Gasteiger partial charge in [-0.1, -0.05) is 11.6 Å². The molecule has 0 saturated carbocycles. The second kappa shape index (κ2) is 3.29. The lowest BCUT2D eigenvalue weighted by molar-refractivity contribution is 0.411. The molecule has 2 rings (SSSR count). The second-order valence-corrected chi connectivity index (χ2v) is 3.69. The van der Waals surface area contributed by atoms with E-state index in [1.807, 2.05) is 6.92 Å². The summed E-state index contributed by atoms with van der Waals surface area (Å²) in [7, 11) is 1.57. The molecule has 0 radical (unpaired) electrons. The normalized spacial score (nSPS) is 10.8. The van der Waals surface area contributed by atoms with Crippen molar-refractivity contribution in [1.82, 2.24) is 4.98 Å². The van der Waals surface area contributed by atoms with Gasteiger partial charge in [0.1, 0.15) is 5.75 Å². The average Bonchev–Trinajstić information content (AvgIpc) is 2.47. The van der Waals surface area contributed by atoms with Gasteiger partial charge < -0.3 is 14.1 Å². The molecule has 0 bridgehead atoms. The number of hydrogen-bond acceptors (Lipinski definition) is 3. The summed E-state index contributed by atoms with van der Waals surface area (Å²) in [4.78, 5) is 3.24. The maximum Gasteiger partial charge on any atom is 0.266 e. The quantitative estimate of drug-likeness (QED) is 0.761. The Morgan fingerprint density at radius 1 is 1.57 bits per heavy atom. The van der Waals surface area contributed by atoms with Crippen LogP contribution in [0.4, 0.5) is 0 Å². The van der Waals surface area contributed by atoms with Crippen LogP contribution in [0.15, 0.2) is 10.5 Å². The molecule has 0 aliphatic heterocycles. The van der Waals surface area contributed by atoms with Gasteiger partial charge >= 0.3 is 0 Å². The molecule has 5 heteroatoms. The maximum absolute atomic E-state index is 6.00. The van der Waals surface area contributed by atoms with Gasteiger partial charge in [-0.25, -0.2) is 0 Å². The first kappa shape index (κ1) is 9.55. The number of rotatable bonds is 1. The zero-order valence-corrected chi connectivity index (χ0v) is 9.25. The smallest absolute Gasteiger partial charge is 0.266 e. The molecule has 2 aromatic rings. The number of aromatic amines is 1. The number of H-pyrrole nitrogens is 1. The molecule has 0 atom stereocenters. The molecule has 0 fully saturated rings. The van der Waals surface area contributed by atoms with Crippen molar-refractivity contribution in [2.75, 3.05) is 7.11 Å². The molecule has 0 aliphatic rings. The van der Waals surface area contributed by atoms with E-state index in [-0.39, 0.29) is 0 Å². The zero-order valence-electron chi connectivity index (χ0n) is 7.68. The van der Waals surface area contributed by atoms with E-state index in [1.165, 1.54) is 0 Å². The van der Waals surface area contributed by atoms with Gasteiger partial charge in [0.25, 0.3) is 4.84 Å². The molecule has 3 nitrogen and oxygen atoms in total. The van der Waals surface area contributed by atoms with Gasteiger partial charge in [0.05, 0.1) is 17.6 Å². The number of oxazole rings is 1. The molecular formula is C9H8ClNO2S.